The average molecular weight is 216 g/mol. The van der Waals surface area contributed by atoms with Gasteiger partial charge in [0.25, 0.3) is 0 Å². The molecule has 0 amide bonds. The van der Waals surface area contributed by atoms with Crippen molar-refractivity contribution in [3.05, 3.63) is 24.4 Å². The van der Waals surface area contributed by atoms with Crippen LogP contribution in [0.15, 0.2) is 29.4 Å². The Morgan fingerprint density at radius 2 is 2.31 bits per heavy atom. The number of carbonyl (C=O) groups excluding carboxylic acids is 1. The minimum Gasteiger partial charge on any atom is -0.494 e. The molecule has 1 heterocycles. The minimum absolute atomic E-state index is 0.616. The Labute approximate surface area is 93.2 Å². The molecule has 2 rings (SSSR count). The molecule has 4 heteroatoms. The van der Waals surface area contributed by atoms with Gasteiger partial charge < -0.3 is 9.30 Å². The van der Waals surface area contributed by atoms with Crippen LogP contribution in [0.25, 0.3) is 10.9 Å². The fraction of sp³-hybridized carbons (Fsp3) is 0.250. The van der Waals surface area contributed by atoms with Gasteiger partial charge in [0.2, 0.25) is 6.08 Å². The summed E-state index contributed by atoms with van der Waals surface area (Å²) < 4.78 is 7.32. The summed E-state index contributed by atoms with van der Waals surface area (Å²) in [5, 5.41) is 0.900. The number of rotatable bonds is 3. The second-order valence-corrected chi connectivity index (χ2v) is 3.44. The highest BCUT2D eigenvalue weighted by Crippen LogP contribution is 2.30. The molecule has 4 nitrogen and oxygen atoms in total. The largest absolute Gasteiger partial charge is 0.494 e. The van der Waals surface area contributed by atoms with E-state index in [9.17, 15) is 4.79 Å². The highest BCUT2D eigenvalue weighted by molar-refractivity contribution is 5.93. The van der Waals surface area contributed by atoms with Crippen LogP contribution in [0.3, 0.4) is 0 Å². The molecule has 0 radical (unpaired) electrons. The van der Waals surface area contributed by atoms with Gasteiger partial charge in [-0.05, 0) is 25.1 Å². The molecule has 16 heavy (non-hydrogen) atoms. The Hall–Kier alpha value is -2.06. The Balaban J connectivity index is 2.64. The highest BCUT2D eigenvalue weighted by atomic mass is 16.5. The number of aryl methyl sites for hydroxylation is 1. The minimum atomic E-state index is 0.616. The summed E-state index contributed by atoms with van der Waals surface area (Å²) >= 11 is 0. The zero-order valence-electron chi connectivity index (χ0n) is 9.23. The number of ether oxygens (including phenoxy) is 1. The third kappa shape index (κ3) is 1.71. The van der Waals surface area contributed by atoms with E-state index in [1.54, 1.807) is 12.3 Å². The predicted molar refractivity (Wildman–Crippen MR) is 61.9 cm³/mol. The topological polar surface area (TPSA) is 43.6 Å². The van der Waals surface area contributed by atoms with E-state index in [4.69, 9.17) is 4.74 Å². The number of aliphatic imine (C=N–C) groups is 1. The maximum Gasteiger partial charge on any atom is 0.240 e. The first kappa shape index (κ1) is 10.5. The van der Waals surface area contributed by atoms with Gasteiger partial charge >= 0.3 is 0 Å². The van der Waals surface area contributed by atoms with E-state index in [2.05, 4.69) is 4.99 Å². The van der Waals surface area contributed by atoms with Crippen LogP contribution in [0.1, 0.15) is 6.92 Å². The van der Waals surface area contributed by atoms with E-state index in [0.29, 0.717) is 12.3 Å². The summed E-state index contributed by atoms with van der Waals surface area (Å²) in [4.78, 5) is 14.0. The first-order valence-electron chi connectivity index (χ1n) is 5.06. The quantitative estimate of drug-likeness (QED) is 0.584. The number of benzene rings is 1. The monoisotopic (exact) mass is 216 g/mol. The van der Waals surface area contributed by atoms with Crippen molar-refractivity contribution < 1.29 is 9.53 Å². The summed E-state index contributed by atoms with van der Waals surface area (Å²) in [7, 11) is 1.91. The van der Waals surface area contributed by atoms with Crippen molar-refractivity contribution in [1.82, 2.24) is 4.57 Å². The lowest BCUT2D eigenvalue weighted by Crippen LogP contribution is -1.91. The van der Waals surface area contributed by atoms with E-state index in [1.165, 1.54) is 0 Å². The molecule has 1 aromatic heterocycles. The SMILES string of the molecule is CCOc1ccc2c(c1)c(N=C=O)cn2C. The van der Waals surface area contributed by atoms with Gasteiger partial charge in [-0.25, -0.2) is 4.79 Å². The fourth-order valence-electron chi connectivity index (χ4n) is 1.75. The number of isocyanates is 1. The van der Waals surface area contributed by atoms with Gasteiger partial charge in [0.1, 0.15) is 11.4 Å². The molecule has 1 aromatic carbocycles. The van der Waals surface area contributed by atoms with Crippen LogP contribution in [0.4, 0.5) is 5.69 Å². The molecule has 0 bridgehead atoms. The predicted octanol–water partition coefficient (Wildman–Crippen LogP) is 2.54. The van der Waals surface area contributed by atoms with Crippen LogP contribution in [0, 0.1) is 0 Å². The molecule has 82 valence electrons. The molecular weight excluding hydrogens is 204 g/mol. The maximum absolute atomic E-state index is 10.3. The second-order valence-electron chi connectivity index (χ2n) is 3.44. The van der Waals surface area contributed by atoms with Gasteiger partial charge in [0.05, 0.1) is 12.1 Å². The number of hydrogen-bond acceptors (Lipinski definition) is 3. The summed E-state index contributed by atoms with van der Waals surface area (Å²) in [6.07, 6.45) is 3.36. The molecule has 0 spiro atoms. The smallest absolute Gasteiger partial charge is 0.240 e. The van der Waals surface area contributed by atoms with E-state index in [0.717, 1.165) is 16.7 Å². The fourth-order valence-corrected chi connectivity index (χ4v) is 1.75. The Bertz CT molecular complexity index is 566. The molecule has 2 aromatic rings. The average Bonchev–Trinajstić information content (AvgIpc) is 2.57. The number of hydrogen-bond donors (Lipinski definition) is 0. The lowest BCUT2D eigenvalue weighted by atomic mass is 10.2. The highest BCUT2D eigenvalue weighted by Gasteiger charge is 2.06. The van der Waals surface area contributed by atoms with Crippen LogP contribution in [-0.4, -0.2) is 17.3 Å². The van der Waals surface area contributed by atoms with Crippen LogP contribution in [0.5, 0.6) is 5.75 Å². The summed E-state index contributed by atoms with van der Waals surface area (Å²) in [5.74, 6) is 0.781. The molecular formula is C12H12N2O2. The van der Waals surface area contributed by atoms with E-state index in [-0.39, 0.29) is 0 Å². The summed E-state index contributed by atoms with van der Waals surface area (Å²) in [6, 6.07) is 5.74. The van der Waals surface area contributed by atoms with Crippen LogP contribution in [-0.2, 0) is 11.8 Å². The Morgan fingerprint density at radius 1 is 1.50 bits per heavy atom. The van der Waals surface area contributed by atoms with Crippen molar-refractivity contribution in [1.29, 1.82) is 0 Å². The maximum atomic E-state index is 10.3. The van der Waals surface area contributed by atoms with Crippen molar-refractivity contribution in [3.63, 3.8) is 0 Å². The normalized spacial score (nSPS) is 10.1. The lowest BCUT2D eigenvalue weighted by Gasteiger charge is -2.03. The van der Waals surface area contributed by atoms with E-state index >= 15 is 0 Å². The third-order valence-electron chi connectivity index (χ3n) is 2.42. The number of fused-ring (bicyclic) bond motifs is 1. The van der Waals surface area contributed by atoms with Crippen molar-refractivity contribution >= 4 is 22.7 Å². The van der Waals surface area contributed by atoms with Gasteiger partial charge in [-0.2, -0.15) is 4.99 Å². The van der Waals surface area contributed by atoms with Crippen LogP contribution < -0.4 is 4.74 Å². The van der Waals surface area contributed by atoms with Crippen molar-refractivity contribution in [2.75, 3.05) is 6.61 Å². The molecule has 0 aliphatic carbocycles. The molecule has 0 saturated heterocycles. The van der Waals surface area contributed by atoms with Crippen molar-refractivity contribution in [2.45, 2.75) is 6.92 Å². The molecule has 0 unspecified atom stereocenters. The standard InChI is InChI=1S/C12H12N2O2/c1-3-16-9-4-5-12-10(6-9)11(13-8-15)7-14(12)2/h4-7H,3H2,1-2H3. The zero-order chi connectivity index (χ0) is 11.5. The number of aromatic nitrogens is 1. The van der Waals surface area contributed by atoms with E-state index < -0.39 is 0 Å². The lowest BCUT2D eigenvalue weighted by molar-refractivity contribution is 0.340. The Kier molecular flexibility index (Phi) is 2.75. The molecule has 0 fully saturated rings. The summed E-state index contributed by atoms with van der Waals surface area (Å²) in [5.41, 5.74) is 1.63. The van der Waals surface area contributed by atoms with Gasteiger partial charge in [-0.15, -0.1) is 0 Å². The number of nitrogens with zero attached hydrogens (tertiary/aromatic N) is 2. The molecule has 0 N–H and O–H groups in total. The Morgan fingerprint density at radius 3 is 3.00 bits per heavy atom. The third-order valence-corrected chi connectivity index (χ3v) is 2.42. The van der Waals surface area contributed by atoms with Crippen molar-refractivity contribution in [3.8, 4) is 5.75 Å². The second kappa shape index (κ2) is 4.21. The molecule has 0 atom stereocenters. The van der Waals surface area contributed by atoms with E-state index in [1.807, 2.05) is 36.7 Å². The first-order chi connectivity index (χ1) is 7.76. The first-order valence-corrected chi connectivity index (χ1v) is 5.06. The van der Waals surface area contributed by atoms with Gasteiger partial charge in [0, 0.05) is 18.6 Å². The van der Waals surface area contributed by atoms with Gasteiger partial charge in [0.15, 0.2) is 0 Å². The molecule has 0 saturated carbocycles. The van der Waals surface area contributed by atoms with Gasteiger partial charge in [-0.3, -0.25) is 0 Å². The zero-order valence-corrected chi connectivity index (χ0v) is 9.23. The van der Waals surface area contributed by atoms with Gasteiger partial charge in [-0.1, -0.05) is 0 Å². The summed E-state index contributed by atoms with van der Waals surface area (Å²) in [6.45, 7) is 2.55. The molecule has 0 aliphatic heterocycles. The van der Waals surface area contributed by atoms with Crippen LogP contribution >= 0.6 is 0 Å². The van der Waals surface area contributed by atoms with Crippen molar-refractivity contribution in [2.24, 2.45) is 12.0 Å². The molecule has 0 aliphatic rings. The van der Waals surface area contributed by atoms with Crippen LogP contribution in [0.2, 0.25) is 0 Å².